The first-order valence-corrected chi connectivity index (χ1v) is 8.88. The van der Waals surface area contributed by atoms with E-state index in [0.717, 1.165) is 42.3 Å². The van der Waals surface area contributed by atoms with E-state index in [1.54, 1.807) is 0 Å². The summed E-state index contributed by atoms with van der Waals surface area (Å²) in [5.74, 6) is 1.79. The van der Waals surface area contributed by atoms with Gasteiger partial charge in [0, 0.05) is 49.0 Å². The first kappa shape index (κ1) is 16.6. The van der Waals surface area contributed by atoms with Crippen LogP contribution in [0.5, 0.6) is 0 Å². The normalized spacial score (nSPS) is 14.5. The maximum atomic E-state index is 13.3. The summed E-state index contributed by atoms with van der Waals surface area (Å²) in [6.07, 6.45) is 0. The molecule has 3 rings (SSSR count). The van der Waals surface area contributed by atoms with Crippen molar-refractivity contribution in [2.45, 2.75) is 6.54 Å². The maximum absolute atomic E-state index is 13.3. The zero-order valence-corrected chi connectivity index (χ0v) is 13.9. The molecule has 0 atom stereocenters. The first-order chi connectivity index (χ1) is 11.6. The van der Waals surface area contributed by atoms with E-state index in [1.807, 2.05) is 23.9 Å². The van der Waals surface area contributed by atoms with Crippen molar-refractivity contribution in [3.05, 3.63) is 64.0 Å². The Morgan fingerprint density at radius 1 is 1.17 bits per heavy atom. The van der Waals surface area contributed by atoms with Crippen LogP contribution < -0.4 is 10.2 Å². The van der Waals surface area contributed by atoms with Crippen LogP contribution in [0.3, 0.4) is 0 Å². The van der Waals surface area contributed by atoms with Gasteiger partial charge in [0.15, 0.2) is 0 Å². The van der Waals surface area contributed by atoms with Crippen molar-refractivity contribution in [2.75, 3.05) is 34.8 Å². The number of anilines is 2. The maximum Gasteiger partial charge on any atom is 0.292 e. The van der Waals surface area contributed by atoms with Crippen LogP contribution in [0.25, 0.3) is 0 Å². The quantitative estimate of drug-likeness (QED) is 0.657. The largest absolute Gasteiger partial charge is 0.375 e. The van der Waals surface area contributed by atoms with Gasteiger partial charge in [-0.15, -0.1) is 0 Å². The second-order valence-corrected chi connectivity index (χ2v) is 6.76. The third-order valence-corrected chi connectivity index (χ3v) is 4.89. The Morgan fingerprint density at radius 2 is 1.88 bits per heavy atom. The van der Waals surface area contributed by atoms with Crippen molar-refractivity contribution >= 4 is 28.8 Å². The number of thioether (sulfide) groups is 1. The van der Waals surface area contributed by atoms with Gasteiger partial charge in [-0.2, -0.15) is 11.8 Å². The molecule has 5 nitrogen and oxygen atoms in total. The minimum atomic E-state index is -0.515. The predicted octanol–water partition coefficient (Wildman–Crippen LogP) is 3.90. The number of nitrogens with one attached hydrogen (secondary N) is 1. The number of nitrogens with zero attached hydrogens (tertiary/aromatic N) is 2. The molecule has 0 saturated carbocycles. The summed E-state index contributed by atoms with van der Waals surface area (Å²) in [6.45, 7) is 2.51. The van der Waals surface area contributed by atoms with Crippen LogP contribution in [0.4, 0.5) is 21.5 Å². The highest BCUT2D eigenvalue weighted by Gasteiger charge is 2.14. The number of rotatable bonds is 5. The highest BCUT2D eigenvalue weighted by molar-refractivity contribution is 7.99. The van der Waals surface area contributed by atoms with Crippen LogP contribution in [0.2, 0.25) is 0 Å². The zero-order chi connectivity index (χ0) is 16.9. The molecular weight excluding hydrogens is 329 g/mol. The fraction of sp³-hybridized carbons (Fsp3) is 0.294. The van der Waals surface area contributed by atoms with E-state index < -0.39 is 10.7 Å². The molecule has 0 spiro atoms. The van der Waals surface area contributed by atoms with Gasteiger partial charge < -0.3 is 10.2 Å². The summed E-state index contributed by atoms with van der Waals surface area (Å²) in [4.78, 5) is 12.8. The summed E-state index contributed by atoms with van der Waals surface area (Å²) < 4.78 is 13.3. The molecule has 0 radical (unpaired) electrons. The zero-order valence-electron chi connectivity index (χ0n) is 13.1. The van der Waals surface area contributed by atoms with Gasteiger partial charge in [-0.3, -0.25) is 10.1 Å². The molecule has 1 aliphatic heterocycles. The van der Waals surface area contributed by atoms with Gasteiger partial charge in [0.2, 0.25) is 0 Å². The summed E-state index contributed by atoms with van der Waals surface area (Å²) >= 11 is 1.97. The molecule has 0 unspecified atom stereocenters. The molecule has 0 aliphatic carbocycles. The van der Waals surface area contributed by atoms with E-state index in [4.69, 9.17) is 0 Å². The highest BCUT2D eigenvalue weighted by atomic mass is 32.2. The molecular formula is C17H18FN3O2S. The van der Waals surface area contributed by atoms with Gasteiger partial charge in [0.05, 0.1) is 4.92 Å². The lowest BCUT2D eigenvalue weighted by atomic mass is 10.1. The van der Waals surface area contributed by atoms with Crippen molar-refractivity contribution < 1.29 is 9.31 Å². The van der Waals surface area contributed by atoms with E-state index in [-0.39, 0.29) is 11.4 Å². The monoisotopic (exact) mass is 347 g/mol. The van der Waals surface area contributed by atoms with Gasteiger partial charge in [-0.05, 0) is 23.8 Å². The number of benzene rings is 2. The van der Waals surface area contributed by atoms with E-state index in [0.29, 0.717) is 6.54 Å². The van der Waals surface area contributed by atoms with Crippen molar-refractivity contribution in [3.63, 3.8) is 0 Å². The number of nitro groups is 1. The topological polar surface area (TPSA) is 58.4 Å². The predicted molar refractivity (Wildman–Crippen MR) is 96.4 cm³/mol. The van der Waals surface area contributed by atoms with Gasteiger partial charge in [-0.1, -0.05) is 12.1 Å². The number of hydrogen-bond acceptors (Lipinski definition) is 5. The lowest BCUT2D eigenvalue weighted by molar-refractivity contribution is -0.384. The molecule has 126 valence electrons. The Morgan fingerprint density at radius 3 is 2.54 bits per heavy atom. The van der Waals surface area contributed by atoms with E-state index in [2.05, 4.69) is 22.3 Å². The Hall–Kier alpha value is -2.28. The number of hydrogen-bond donors (Lipinski definition) is 1. The molecule has 1 fully saturated rings. The molecule has 7 heteroatoms. The molecule has 1 saturated heterocycles. The fourth-order valence-corrected chi connectivity index (χ4v) is 3.56. The van der Waals surface area contributed by atoms with Gasteiger partial charge >= 0.3 is 0 Å². The average molecular weight is 347 g/mol. The second kappa shape index (κ2) is 7.53. The average Bonchev–Trinajstić information content (AvgIpc) is 2.61. The van der Waals surface area contributed by atoms with E-state index in [1.165, 1.54) is 11.8 Å². The Bertz CT molecular complexity index is 718. The number of halogens is 1. The molecule has 1 heterocycles. The standard InChI is InChI=1S/C17H18FN3O2S/c18-14-3-6-17(21(22)23)16(11-14)19-12-13-1-4-15(5-2-13)20-7-9-24-10-8-20/h1-6,11,19H,7-10,12H2. The smallest absolute Gasteiger partial charge is 0.292 e. The van der Waals surface area contributed by atoms with Crippen LogP contribution in [0, 0.1) is 15.9 Å². The van der Waals surface area contributed by atoms with E-state index in [9.17, 15) is 14.5 Å². The molecule has 0 amide bonds. The number of nitro benzene ring substituents is 1. The van der Waals surface area contributed by atoms with Crippen LogP contribution in [-0.2, 0) is 6.54 Å². The minimum Gasteiger partial charge on any atom is -0.375 e. The lowest BCUT2D eigenvalue weighted by Gasteiger charge is -2.28. The van der Waals surface area contributed by atoms with E-state index >= 15 is 0 Å². The van der Waals surface area contributed by atoms with Crippen molar-refractivity contribution in [1.29, 1.82) is 0 Å². The van der Waals surface area contributed by atoms with Gasteiger partial charge in [0.1, 0.15) is 11.5 Å². The second-order valence-electron chi connectivity index (χ2n) is 5.54. The molecule has 2 aromatic carbocycles. The molecule has 2 aromatic rings. The molecule has 24 heavy (non-hydrogen) atoms. The first-order valence-electron chi connectivity index (χ1n) is 7.73. The van der Waals surface area contributed by atoms with Crippen LogP contribution in [0.15, 0.2) is 42.5 Å². The molecule has 1 N–H and O–H groups in total. The Balaban J connectivity index is 1.67. The Kier molecular flexibility index (Phi) is 5.20. The third-order valence-electron chi connectivity index (χ3n) is 3.95. The lowest BCUT2D eigenvalue weighted by Crippen LogP contribution is -2.32. The Labute approximate surface area is 144 Å². The third kappa shape index (κ3) is 3.97. The van der Waals surface area contributed by atoms with Crippen molar-refractivity contribution in [2.24, 2.45) is 0 Å². The minimum absolute atomic E-state index is 0.126. The summed E-state index contributed by atoms with van der Waals surface area (Å²) in [5, 5.41) is 14.0. The highest BCUT2D eigenvalue weighted by Crippen LogP contribution is 2.26. The molecule has 0 aromatic heterocycles. The summed E-state index contributed by atoms with van der Waals surface area (Å²) in [5.41, 5.74) is 2.25. The van der Waals surface area contributed by atoms with Crippen LogP contribution >= 0.6 is 11.8 Å². The van der Waals surface area contributed by atoms with Crippen LogP contribution in [0.1, 0.15) is 5.56 Å². The molecule has 1 aliphatic rings. The summed E-state index contributed by atoms with van der Waals surface area (Å²) in [6, 6.07) is 11.5. The fourth-order valence-electron chi connectivity index (χ4n) is 2.65. The van der Waals surface area contributed by atoms with Crippen LogP contribution in [-0.4, -0.2) is 29.5 Å². The van der Waals surface area contributed by atoms with Crippen molar-refractivity contribution in [1.82, 2.24) is 0 Å². The summed E-state index contributed by atoms with van der Waals surface area (Å²) in [7, 11) is 0. The van der Waals surface area contributed by atoms with Gasteiger partial charge in [-0.25, -0.2) is 4.39 Å². The molecule has 0 bridgehead atoms. The SMILES string of the molecule is O=[N+]([O-])c1ccc(F)cc1NCc1ccc(N2CCSCC2)cc1. The van der Waals surface area contributed by atoms with Gasteiger partial charge in [0.25, 0.3) is 5.69 Å². The van der Waals surface area contributed by atoms with Crippen molar-refractivity contribution in [3.8, 4) is 0 Å².